The van der Waals surface area contributed by atoms with Crippen LogP contribution < -0.4 is 0 Å². The van der Waals surface area contributed by atoms with E-state index in [1.807, 2.05) is 11.6 Å². The van der Waals surface area contributed by atoms with E-state index in [1.165, 1.54) is 0 Å². The topological polar surface area (TPSA) is 38.0 Å². The Labute approximate surface area is 108 Å². The summed E-state index contributed by atoms with van der Waals surface area (Å²) in [4.78, 5) is 0. The minimum atomic E-state index is -0.809. The molecule has 0 spiro atoms. The molecule has 1 aromatic rings. The zero-order chi connectivity index (χ0) is 12.6. The first-order valence-electron chi connectivity index (χ1n) is 6.43. The fourth-order valence-electron chi connectivity index (χ4n) is 3.01. The normalized spacial score (nSPS) is 33.9. The summed E-state index contributed by atoms with van der Waals surface area (Å²) in [5, 5.41) is 15.8. The van der Waals surface area contributed by atoms with Crippen LogP contribution in [0.2, 0.25) is 5.02 Å². The first-order chi connectivity index (χ1) is 7.99. The molecule has 0 aromatic carbocycles. The summed E-state index contributed by atoms with van der Waals surface area (Å²) < 4.78 is 1.83. The molecule has 96 valence electrons. The zero-order valence-corrected chi connectivity index (χ0v) is 11.5. The van der Waals surface area contributed by atoms with E-state index in [4.69, 9.17) is 11.6 Å². The highest BCUT2D eigenvalue weighted by Gasteiger charge is 2.43. The van der Waals surface area contributed by atoms with E-state index in [0.29, 0.717) is 10.9 Å². The molecule has 0 aliphatic heterocycles. The van der Waals surface area contributed by atoms with E-state index in [2.05, 4.69) is 18.9 Å². The lowest BCUT2D eigenvalue weighted by Crippen LogP contribution is -2.40. The number of hydrogen-bond acceptors (Lipinski definition) is 2. The SMILES string of the molecule is CCn1ncc(Cl)c1C1(O)CCC(C)CC1C. The Kier molecular flexibility index (Phi) is 3.50. The number of aliphatic hydroxyl groups is 1. The molecule has 2 rings (SSSR count). The predicted octanol–water partition coefficient (Wildman–Crippen LogP) is 3.20. The molecule has 1 aliphatic carbocycles. The van der Waals surface area contributed by atoms with E-state index in [0.717, 1.165) is 31.5 Å². The average molecular weight is 257 g/mol. The van der Waals surface area contributed by atoms with Crippen LogP contribution in [-0.2, 0) is 12.1 Å². The predicted molar refractivity (Wildman–Crippen MR) is 69.0 cm³/mol. The second-order valence-electron chi connectivity index (χ2n) is 5.36. The number of rotatable bonds is 2. The largest absolute Gasteiger partial charge is 0.383 e. The summed E-state index contributed by atoms with van der Waals surface area (Å²) >= 11 is 6.21. The molecule has 3 atom stereocenters. The summed E-state index contributed by atoms with van der Waals surface area (Å²) in [5.74, 6) is 0.910. The monoisotopic (exact) mass is 256 g/mol. The maximum absolute atomic E-state index is 11.0. The van der Waals surface area contributed by atoms with Gasteiger partial charge in [0, 0.05) is 6.54 Å². The zero-order valence-electron chi connectivity index (χ0n) is 10.8. The van der Waals surface area contributed by atoms with Gasteiger partial charge in [-0.1, -0.05) is 25.4 Å². The maximum atomic E-state index is 11.0. The highest BCUT2D eigenvalue weighted by atomic mass is 35.5. The van der Waals surface area contributed by atoms with Crippen molar-refractivity contribution in [2.24, 2.45) is 11.8 Å². The van der Waals surface area contributed by atoms with E-state index in [1.54, 1.807) is 6.20 Å². The number of hydrogen-bond donors (Lipinski definition) is 1. The van der Waals surface area contributed by atoms with Crippen LogP contribution in [0, 0.1) is 11.8 Å². The van der Waals surface area contributed by atoms with Crippen molar-refractivity contribution in [3.63, 3.8) is 0 Å². The van der Waals surface area contributed by atoms with Gasteiger partial charge < -0.3 is 5.11 Å². The third-order valence-corrected chi connectivity index (χ3v) is 4.37. The molecule has 0 saturated heterocycles. The molecule has 0 amide bonds. The first kappa shape index (κ1) is 12.9. The lowest BCUT2D eigenvalue weighted by molar-refractivity contribution is -0.0652. The fourth-order valence-corrected chi connectivity index (χ4v) is 3.32. The maximum Gasteiger partial charge on any atom is 0.110 e. The van der Waals surface area contributed by atoms with Gasteiger partial charge in [-0.15, -0.1) is 0 Å². The van der Waals surface area contributed by atoms with Gasteiger partial charge in [-0.05, 0) is 38.0 Å². The molecule has 4 heteroatoms. The lowest BCUT2D eigenvalue weighted by atomic mass is 9.70. The van der Waals surface area contributed by atoms with Gasteiger partial charge in [0.15, 0.2) is 0 Å². The van der Waals surface area contributed by atoms with E-state index in [-0.39, 0.29) is 5.92 Å². The Morgan fingerprint density at radius 2 is 2.29 bits per heavy atom. The van der Waals surface area contributed by atoms with Gasteiger partial charge in [0.05, 0.1) is 16.9 Å². The Hall–Kier alpha value is -0.540. The Balaban J connectivity index is 2.40. The van der Waals surface area contributed by atoms with Crippen molar-refractivity contribution in [3.8, 4) is 0 Å². The van der Waals surface area contributed by atoms with Crippen molar-refractivity contribution < 1.29 is 5.11 Å². The molecule has 1 aliphatic rings. The van der Waals surface area contributed by atoms with Crippen molar-refractivity contribution in [2.45, 2.75) is 52.2 Å². The standard InChI is InChI=1S/C13H21ClN2O/c1-4-16-12(11(14)8-15-16)13(17)6-5-9(2)7-10(13)3/h8-10,17H,4-7H2,1-3H3. The van der Waals surface area contributed by atoms with Crippen LogP contribution >= 0.6 is 11.6 Å². The molecular weight excluding hydrogens is 236 g/mol. The van der Waals surface area contributed by atoms with Gasteiger partial charge in [-0.2, -0.15) is 5.10 Å². The third kappa shape index (κ3) is 2.11. The molecule has 3 unspecified atom stereocenters. The summed E-state index contributed by atoms with van der Waals surface area (Å²) in [7, 11) is 0. The molecule has 0 bridgehead atoms. The van der Waals surface area contributed by atoms with Gasteiger partial charge in [0.2, 0.25) is 0 Å². The second-order valence-corrected chi connectivity index (χ2v) is 5.77. The molecule has 0 radical (unpaired) electrons. The van der Waals surface area contributed by atoms with Crippen LogP contribution in [0.15, 0.2) is 6.20 Å². The summed E-state index contributed by atoms with van der Waals surface area (Å²) in [5.41, 5.74) is -0.00288. The summed E-state index contributed by atoms with van der Waals surface area (Å²) in [6, 6.07) is 0. The molecule has 1 fully saturated rings. The smallest absolute Gasteiger partial charge is 0.110 e. The van der Waals surface area contributed by atoms with Gasteiger partial charge in [-0.3, -0.25) is 4.68 Å². The molecule has 1 saturated carbocycles. The highest BCUT2D eigenvalue weighted by molar-refractivity contribution is 6.31. The van der Waals surface area contributed by atoms with Crippen molar-refractivity contribution in [1.29, 1.82) is 0 Å². The molecule has 3 nitrogen and oxygen atoms in total. The second kappa shape index (κ2) is 4.62. The molecule has 17 heavy (non-hydrogen) atoms. The van der Waals surface area contributed by atoms with Crippen LogP contribution in [0.3, 0.4) is 0 Å². The number of halogens is 1. The molecule has 1 aromatic heterocycles. The molecule has 1 heterocycles. The van der Waals surface area contributed by atoms with Gasteiger partial charge >= 0.3 is 0 Å². The Morgan fingerprint density at radius 3 is 2.88 bits per heavy atom. The quantitative estimate of drug-likeness (QED) is 0.883. The number of aryl methyl sites for hydroxylation is 1. The Morgan fingerprint density at radius 1 is 1.59 bits per heavy atom. The summed E-state index contributed by atoms with van der Waals surface area (Å²) in [6.45, 7) is 7.12. The summed E-state index contributed by atoms with van der Waals surface area (Å²) in [6.07, 6.45) is 4.51. The van der Waals surface area contributed by atoms with Crippen molar-refractivity contribution in [3.05, 3.63) is 16.9 Å². The van der Waals surface area contributed by atoms with E-state index >= 15 is 0 Å². The van der Waals surface area contributed by atoms with Gasteiger partial charge in [0.25, 0.3) is 0 Å². The van der Waals surface area contributed by atoms with Gasteiger partial charge in [0.1, 0.15) is 5.60 Å². The number of nitrogens with zero attached hydrogens (tertiary/aromatic N) is 2. The third-order valence-electron chi connectivity index (χ3n) is 4.09. The minimum absolute atomic E-state index is 0.228. The minimum Gasteiger partial charge on any atom is -0.383 e. The van der Waals surface area contributed by atoms with Crippen LogP contribution in [0.25, 0.3) is 0 Å². The van der Waals surface area contributed by atoms with Crippen molar-refractivity contribution in [2.75, 3.05) is 0 Å². The van der Waals surface area contributed by atoms with Gasteiger partial charge in [-0.25, -0.2) is 0 Å². The van der Waals surface area contributed by atoms with Crippen molar-refractivity contribution >= 4 is 11.6 Å². The van der Waals surface area contributed by atoms with Crippen LogP contribution in [0.5, 0.6) is 0 Å². The number of aromatic nitrogens is 2. The first-order valence-corrected chi connectivity index (χ1v) is 6.81. The van der Waals surface area contributed by atoms with Crippen LogP contribution in [-0.4, -0.2) is 14.9 Å². The highest BCUT2D eigenvalue weighted by Crippen LogP contribution is 2.45. The van der Waals surface area contributed by atoms with E-state index < -0.39 is 5.60 Å². The van der Waals surface area contributed by atoms with Crippen LogP contribution in [0.4, 0.5) is 0 Å². The molecular formula is C13H21ClN2O. The molecule has 1 N–H and O–H groups in total. The average Bonchev–Trinajstić information content (AvgIpc) is 2.66. The van der Waals surface area contributed by atoms with E-state index in [9.17, 15) is 5.11 Å². The van der Waals surface area contributed by atoms with Crippen LogP contribution in [0.1, 0.15) is 45.7 Å². The Bertz CT molecular complexity index is 404. The fraction of sp³-hybridized carbons (Fsp3) is 0.769. The lowest BCUT2D eigenvalue weighted by Gasteiger charge is -2.41. The van der Waals surface area contributed by atoms with Crippen molar-refractivity contribution in [1.82, 2.24) is 9.78 Å².